The van der Waals surface area contributed by atoms with Crippen LogP contribution in [0.25, 0.3) is 0 Å². The Bertz CT molecular complexity index is 497. The maximum absolute atomic E-state index is 10.7. The Labute approximate surface area is 135 Å². The SMILES string of the molecule is CCc1cc(CN2CCC(OC)CC2)c(O)c(C(C)(C)C)c1. The first-order chi connectivity index (χ1) is 10.3. The Morgan fingerprint density at radius 1 is 1.23 bits per heavy atom. The van der Waals surface area contributed by atoms with Crippen LogP contribution in [0.4, 0.5) is 0 Å². The third kappa shape index (κ3) is 4.02. The minimum atomic E-state index is -0.0347. The van der Waals surface area contributed by atoms with Crippen LogP contribution in [0.5, 0.6) is 5.75 Å². The molecule has 2 rings (SSSR count). The van der Waals surface area contributed by atoms with Crippen LogP contribution in [-0.4, -0.2) is 36.3 Å². The quantitative estimate of drug-likeness (QED) is 0.917. The van der Waals surface area contributed by atoms with Gasteiger partial charge in [0.25, 0.3) is 0 Å². The van der Waals surface area contributed by atoms with E-state index in [1.807, 2.05) is 0 Å². The summed E-state index contributed by atoms with van der Waals surface area (Å²) in [4.78, 5) is 2.43. The number of methoxy groups -OCH3 is 1. The van der Waals surface area contributed by atoms with Gasteiger partial charge in [-0.25, -0.2) is 0 Å². The van der Waals surface area contributed by atoms with Crippen LogP contribution in [-0.2, 0) is 23.1 Å². The fraction of sp³-hybridized carbons (Fsp3) is 0.684. The van der Waals surface area contributed by atoms with Crippen LogP contribution in [0, 0.1) is 0 Å². The van der Waals surface area contributed by atoms with Crippen molar-refractivity contribution < 1.29 is 9.84 Å². The van der Waals surface area contributed by atoms with Crippen LogP contribution in [0.2, 0.25) is 0 Å². The number of benzene rings is 1. The molecule has 0 atom stereocenters. The van der Waals surface area contributed by atoms with Crippen LogP contribution in [0.15, 0.2) is 12.1 Å². The minimum Gasteiger partial charge on any atom is -0.507 e. The molecule has 1 saturated heterocycles. The Kier molecular flexibility index (Phi) is 5.51. The van der Waals surface area contributed by atoms with Gasteiger partial charge in [-0.3, -0.25) is 4.90 Å². The molecule has 1 fully saturated rings. The predicted octanol–water partition coefficient (Wildman–Crippen LogP) is 3.86. The summed E-state index contributed by atoms with van der Waals surface area (Å²) in [6.45, 7) is 11.6. The molecule has 1 aromatic rings. The molecule has 0 unspecified atom stereocenters. The monoisotopic (exact) mass is 305 g/mol. The molecular formula is C19H31NO2. The van der Waals surface area contributed by atoms with Gasteiger partial charge in [-0.15, -0.1) is 0 Å². The summed E-state index contributed by atoms with van der Waals surface area (Å²) in [5.74, 6) is 0.485. The van der Waals surface area contributed by atoms with Gasteiger partial charge < -0.3 is 9.84 Å². The highest BCUT2D eigenvalue weighted by Crippen LogP contribution is 2.35. The van der Waals surface area contributed by atoms with Crippen molar-refractivity contribution in [2.24, 2.45) is 0 Å². The molecule has 0 aromatic heterocycles. The summed E-state index contributed by atoms with van der Waals surface area (Å²) in [7, 11) is 1.80. The van der Waals surface area contributed by atoms with E-state index in [4.69, 9.17) is 4.74 Å². The van der Waals surface area contributed by atoms with Crippen LogP contribution >= 0.6 is 0 Å². The second-order valence-corrected chi connectivity index (χ2v) is 7.47. The smallest absolute Gasteiger partial charge is 0.123 e. The van der Waals surface area contributed by atoms with Crippen molar-refractivity contribution >= 4 is 0 Å². The normalized spacial score (nSPS) is 17.9. The lowest BCUT2D eigenvalue weighted by Gasteiger charge is -2.32. The molecule has 0 bridgehead atoms. The summed E-state index contributed by atoms with van der Waals surface area (Å²) < 4.78 is 5.44. The van der Waals surface area contributed by atoms with E-state index in [9.17, 15) is 5.11 Å². The first kappa shape index (κ1) is 17.3. The number of rotatable bonds is 4. The maximum Gasteiger partial charge on any atom is 0.123 e. The second-order valence-electron chi connectivity index (χ2n) is 7.47. The lowest BCUT2D eigenvalue weighted by Crippen LogP contribution is -2.36. The molecular weight excluding hydrogens is 274 g/mol. The number of ether oxygens (including phenoxy) is 1. The van der Waals surface area contributed by atoms with Crippen LogP contribution in [0.3, 0.4) is 0 Å². The van der Waals surface area contributed by atoms with Gasteiger partial charge in [0, 0.05) is 32.3 Å². The van der Waals surface area contributed by atoms with E-state index in [2.05, 4.69) is 44.7 Å². The van der Waals surface area contributed by atoms with E-state index >= 15 is 0 Å². The Hall–Kier alpha value is -1.06. The predicted molar refractivity (Wildman–Crippen MR) is 91.5 cm³/mol. The highest BCUT2D eigenvalue weighted by Gasteiger charge is 2.24. The van der Waals surface area contributed by atoms with Gasteiger partial charge in [-0.1, -0.05) is 39.8 Å². The molecule has 3 nitrogen and oxygen atoms in total. The van der Waals surface area contributed by atoms with E-state index in [1.165, 1.54) is 5.56 Å². The van der Waals surface area contributed by atoms with E-state index in [1.54, 1.807) is 7.11 Å². The van der Waals surface area contributed by atoms with Gasteiger partial charge in [0.15, 0.2) is 0 Å². The fourth-order valence-electron chi connectivity index (χ4n) is 3.20. The summed E-state index contributed by atoms with van der Waals surface area (Å²) in [5.41, 5.74) is 3.41. The van der Waals surface area contributed by atoms with E-state index in [-0.39, 0.29) is 5.41 Å². The van der Waals surface area contributed by atoms with E-state index in [0.29, 0.717) is 11.9 Å². The largest absolute Gasteiger partial charge is 0.507 e. The second kappa shape index (κ2) is 7.01. The Morgan fingerprint density at radius 2 is 1.86 bits per heavy atom. The van der Waals surface area contributed by atoms with Crippen molar-refractivity contribution in [3.05, 3.63) is 28.8 Å². The first-order valence-electron chi connectivity index (χ1n) is 8.45. The molecule has 0 spiro atoms. The molecule has 1 aliphatic rings. The lowest BCUT2D eigenvalue weighted by atomic mass is 9.83. The van der Waals surface area contributed by atoms with Crippen molar-refractivity contribution in [2.45, 2.75) is 65.0 Å². The number of aromatic hydroxyl groups is 1. The molecule has 0 amide bonds. The first-order valence-corrected chi connectivity index (χ1v) is 8.45. The molecule has 0 saturated carbocycles. The number of phenols is 1. The molecule has 1 aromatic carbocycles. The minimum absolute atomic E-state index is 0.0347. The zero-order valence-electron chi connectivity index (χ0n) is 14.8. The summed E-state index contributed by atoms with van der Waals surface area (Å²) in [6.07, 6.45) is 3.56. The van der Waals surface area contributed by atoms with Gasteiger partial charge in [0.05, 0.1) is 6.10 Å². The molecule has 124 valence electrons. The molecule has 0 aliphatic carbocycles. The van der Waals surface area contributed by atoms with Gasteiger partial charge >= 0.3 is 0 Å². The number of phenolic OH excluding ortho intramolecular Hbond substituents is 1. The number of piperidine rings is 1. The molecule has 1 heterocycles. The van der Waals surface area contributed by atoms with Crippen molar-refractivity contribution in [1.29, 1.82) is 0 Å². The topological polar surface area (TPSA) is 32.7 Å². The Morgan fingerprint density at radius 3 is 2.36 bits per heavy atom. The summed E-state index contributed by atoms with van der Waals surface area (Å²) in [5, 5.41) is 10.7. The standard InChI is InChI=1S/C19H31NO2/c1-6-14-11-15(18(21)17(12-14)19(2,3)4)13-20-9-7-16(22-5)8-10-20/h11-12,16,21H,6-10,13H2,1-5H3. The number of hydrogen-bond acceptors (Lipinski definition) is 3. The number of nitrogens with zero attached hydrogens (tertiary/aromatic N) is 1. The zero-order chi connectivity index (χ0) is 16.3. The number of hydrogen-bond donors (Lipinski definition) is 1. The number of likely N-dealkylation sites (tertiary alicyclic amines) is 1. The van der Waals surface area contributed by atoms with Gasteiger partial charge in [0.2, 0.25) is 0 Å². The van der Waals surface area contributed by atoms with Crippen molar-refractivity contribution in [3.63, 3.8) is 0 Å². The van der Waals surface area contributed by atoms with E-state index in [0.717, 1.165) is 50.0 Å². The third-order valence-electron chi connectivity index (χ3n) is 4.73. The van der Waals surface area contributed by atoms with Gasteiger partial charge in [-0.05, 0) is 35.8 Å². The van der Waals surface area contributed by atoms with Crippen LogP contribution < -0.4 is 0 Å². The van der Waals surface area contributed by atoms with Crippen LogP contribution in [0.1, 0.15) is 57.2 Å². The third-order valence-corrected chi connectivity index (χ3v) is 4.73. The number of aryl methyl sites for hydroxylation is 1. The van der Waals surface area contributed by atoms with Crippen molar-refractivity contribution in [1.82, 2.24) is 4.90 Å². The van der Waals surface area contributed by atoms with Crippen molar-refractivity contribution in [2.75, 3.05) is 20.2 Å². The van der Waals surface area contributed by atoms with Gasteiger partial charge in [0.1, 0.15) is 5.75 Å². The summed E-state index contributed by atoms with van der Waals surface area (Å²) >= 11 is 0. The summed E-state index contributed by atoms with van der Waals surface area (Å²) in [6, 6.07) is 4.34. The van der Waals surface area contributed by atoms with Crippen molar-refractivity contribution in [3.8, 4) is 5.75 Å². The molecule has 1 N–H and O–H groups in total. The maximum atomic E-state index is 10.7. The zero-order valence-corrected chi connectivity index (χ0v) is 14.8. The average Bonchev–Trinajstić information content (AvgIpc) is 2.49. The highest BCUT2D eigenvalue weighted by atomic mass is 16.5. The van der Waals surface area contributed by atoms with Gasteiger partial charge in [-0.2, -0.15) is 0 Å². The molecule has 0 radical (unpaired) electrons. The Balaban J connectivity index is 2.20. The molecule has 1 aliphatic heterocycles. The van der Waals surface area contributed by atoms with E-state index < -0.39 is 0 Å². The lowest BCUT2D eigenvalue weighted by molar-refractivity contribution is 0.0386. The average molecular weight is 305 g/mol. The highest BCUT2D eigenvalue weighted by molar-refractivity contribution is 5.47. The fourth-order valence-corrected chi connectivity index (χ4v) is 3.20. The molecule has 3 heteroatoms. The molecule has 22 heavy (non-hydrogen) atoms.